The van der Waals surface area contributed by atoms with E-state index in [-0.39, 0.29) is 0 Å². The summed E-state index contributed by atoms with van der Waals surface area (Å²) in [5.74, 6) is 1.61. The molecule has 14 heteroatoms. The lowest BCUT2D eigenvalue weighted by Gasteiger charge is -2.12. The standard InChI is InChI=1S/C55H61N14/c1-7-50-25-11-42(3)68(50)52-27-21-46(22-28-52)56-44-13-17-48(18-14-44)58-60-54-62(5)35-39-66(54)33-9-31-64-37-38-65(41-64)32-10-34-67-40-36-63(6)55(67)61-59-49-19-15-45(16-20-49)57-47-23-29-53(30-24-47)69-43(4)12-26-51(69)8-2/h11-30,35-41H,7-10,31-34H2,1-6H3/q+1/p+2. The highest BCUT2D eigenvalue weighted by molar-refractivity contribution is 5.64. The summed E-state index contributed by atoms with van der Waals surface area (Å²) in [5, 5.41) is 25.5. The van der Waals surface area contributed by atoms with Gasteiger partial charge in [0, 0.05) is 80.0 Å². The Bertz CT molecular complexity index is 2940. The van der Waals surface area contributed by atoms with Crippen LogP contribution in [-0.2, 0) is 53.1 Å². The molecule has 5 heterocycles. The summed E-state index contributed by atoms with van der Waals surface area (Å²) in [6, 6.07) is 42.0. The Kier molecular flexibility index (Phi) is 14.2. The molecule has 350 valence electrons. The SMILES string of the molecule is CCc1ccc(C)n1-c1ccc(Nc2ccc(N=Nc3n(CCCn4cc[n+](CCCn5cc[n+](C)c5N=Nc5ccc(Nc6ccc(-n7c(C)ccc7CC)cc6)cc5)c4)cc[n+]3C)cc2)cc1. The van der Waals surface area contributed by atoms with Crippen molar-refractivity contribution >= 4 is 46.0 Å². The molecule has 0 aliphatic carbocycles. The number of anilines is 4. The van der Waals surface area contributed by atoms with Crippen molar-refractivity contribution in [3.63, 3.8) is 0 Å². The lowest BCUT2D eigenvalue weighted by molar-refractivity contribution is -0.697. The van der Waals surface area contributed by atoms with Gasteiger partial charge in [-0.25, -0.2) is 27.4 Å². The van der Waals surface area contributed by atoms with E-state index in [0.717, 1.165) is 97.9 Å². The van der Waals surface area contributed by atoms with Crippen LogP contribution in [0.4, 0.5) is 46.0 Å². The lowest BCUT2D eigenvalue weighted by Crippen LogP contribution is -2.32. The molecule has 4 aromatic carbocycles. The fourth-order valence-corrected chi connectivity index (χ4v) is 8.81. The molecule has 0 aliphatic heterocycles. The predicted octanol–water partition coefficient (Wildman–Crippen LogP) is 11.8. The summed E-state index contributed by atoms with van der Waals surface area (Å²) in [6.07, 6.45) is 18.6. The Morgan fingerprint density at radius 3 is 1.35 bits per heavy atom. The van der Waals surface area contributed by atoms with E-state index >= 15 is 0 Å². The largest absolute Gasteiger partial charge is 0.421 e. The third-order valence-electron chi connectivity index (χ3n) is 12.6. The van der Waals surface area contributed by atoms with Gasteiger partial charge in [0.25, 0.3) is 0 Å². The normalized spacial score (nSPS) is 11.7. The van der Waals surface area contributed by atoms with Crippen LogP contribution < -0.4 is 24.3 Å². The Morgan fingerprint density at radius 2 is 0.899 bits per heavy atom. The predicted molar refractivity (Wildman–Crippen MR) is 273 cm³/mol. The van der Waals surface area contributed by atoms with Crippen LogP contribution in [0, 0.1) is 13.8 Å². The molecule has 0 unspecified atom stereocenters. The Morgan fingerprint density at radius 1 is 0.464 bits per heavy atom. The summed E-state index contributed by atoms with van der Waals surface area (Å²) < 4.78 is 17.5. The third-order valence-corrected chi connectivity index (χ3v) is 12.6. The first-order valence-electron chi connectivity index (χ1n) is 24.0. The maximum absolute atomic E-state index is 4.66. The summed E-state index contributed by atoms with van der Waals surface area (Å²) in [4.78, 5) is 0. The highest BCUT2D eigenvalue weighted by atomic mass is 15.3. The molecule has 0 amide bonds. The van der Waals surface area contributed by atoms with Crippen molar-refractivity contribution in [3.05, 3.63) is 188 Å². The number of azo groups is 2. The minimum Gasteiger partial charge on any atom is -0.356 e. The second-order valence-electron chi connectivity index (χ2n) is 17.5. The van der Waals surface area contributed by atoms with Gasteiger partial charge in [0.2, 0.25) is 6.33 Å². The van der Waals surface area contributed by atoms with Crippen molar-refractivity contribution in [1.29, 1.82) is 0 Å². The van der Waals surface area contributed by atoms with E-state index in [1.807, 2.05) is 84.2 Å². The van der Waals surface area contributed by atoms with Crippen LogP contribution in [0.15, 0.2) is 185 Å². The minimum atomic E-state index is 0.796. The van der Waals surface area contributed by atoms with Crippen LogP contribution in [-0.4, -0.2) is 22.8 Å². The van der Waals surface area contributed by atoms with Gasteiger partial charge in [0.1, 0.15) is 23.8 Å². The van der Waals surface area contributed by atoms with Crippen molar-refractivity contribution in [2.45, 2.75) is 79.6 Å². The number of rotatable bonds is 20. The van der Waals surface area contributed by atoms with Gasteiger partial charge in [0.15, 0.2) is 0 Å². The second-order valence-corrected chi connectivity index (χ2v) is 17.5. The number of aromatic nitrogens is 8. The fourth-order valence-electron chi connectivity index (χ4n) is 8.81. The zero-order valence-corrected chi connectivity index (χ0v) is 40.6. The Balaban J connectivity index is 0.716. The van der Waals surface area contributed by atoms with E-state index in [9.17, 15) is 0 Å². The highest BCUT2D eigenvalue weighted by Crippen LogP contribution is 2.27. The average Bonchev–Trinajstić information content (AvgIpc) is 4.22. The van der Waals surface area contributed by atoms with E-state index in [4.69, 9.17) is 0 Å². The van der Waals surface area contributed by atoms with Crippen LogP contribution in [0.25, 0.3) is 11.4 Å². The summed E-state index contributed by atoms with van der Waals surface area (Å²) in [5.41, 5.74) is 13.1. The van der Waals surface area contributed by atoms with Gasteiger partial charge < -0.3 is 19.8 Å². The molecule has 0 bridgehead atoms. The zero-order valence-electron chi connectivity index (χ0n) is 40.6. The average molecular weight is 920 g/mol. The van der Waals surface area contributed by atoms with Gasteiger partial charge in [-0.1, -0.05) is 24.1 Å². The first-order valence-corrected chi connectivity index (χ1v) is 24.0. The molecule has 0 saturated heterocycles. The van der Waals surface area contributed by atoms with Crippen LogP contribution in [0.2, 0.25) is 0 Å². The molecule has 9 rings (SSSR count). The number of aryl methyl sites for hydroxylation is 10. The fraction of sp³-hybridized carbons (Fsp3) is 0.255. The van der Waals surface area contributed by atoms with Crippen LogP contribution >= 0.6 is 0 Å². The van der Waals surface area contributed by atoms with E-state index in [2.05, 4.69) is 190 Å². The monoisotopic (exact) mass is 920 g/mol. The summed E-state index contributed by atoms with van der Waals surface area (Å²) >= 11 is 0. The highest BCUT2D eigenvalue weighted by Gasteiger charge is 2.17. The first-order chi connectivity index (χ1) is 33.7. The zero-order chi connectivity index (χ0) is 47.7. The molecular formula is C55H63N14+3. The lowest BCUT2D eigenvalue weighted by atomic mass is 10.2. The topological polar surface area (TPSA) is 110 Å². The minimum absolute atomic E-state index is 0.796. The number of nitrogens with one attached hydrogen (secondary N) is 2. The van der Waals surface area contributed by atoms with Gasteiger partial charge in [-0.3, -0.25) is 0 Å². The quantitative estimate of drug-likeness (QED) is 0.0586. The molecule has 9 aromatic rings. The van der Waals surface area contributed by atoms with E-state index in [0.29, 0.717) is 0 Å². The van der Waals surface area contributed by atoms with Crippen LogP contribution in [0.5, 0.6) is 0 Å². The number of hydrogen-bond donors (Lipinski definition) is 2. The van der Waals surface area contributed by atoms with Crippen molar-refractivity contribution < 1.29 is 13.7 Å². The smallest absolute Gasteiger partial charge is 0.356 e. The van der Waals surface area contributed by atoms with E-state index in [1.54, 1.807) is 0 Å². The number of benzene rings is 4. The maximum atomic E-state index is 4.66. The van der Waals surface area contributed by atoms with Crippen molar-refractivity contribution in [3.8, 4) is 11.4 Å². The Hall–Kier alpha value is -8.13. The van der Waals surface area contributed by atoms with Gasteiger partial charge in [-0.05, 0) is 148 Å². The molecular weight excluding hydrogens is 857 g/mol. The molecule has 14 nitrogen and oxygen atoms in total. The van der Waals surface area contributed by atoms with E-state index in [1.165, 1.54) is 34.2 Å². The van der Waals surface area contributed by atoms with E-state index < -0.39 is 0 Å². The molecule has 2 N–H and O–H groups in total. The Labute approximate surface area is 404 Å². The first kappa shape index (κ1) is 46.0. The van der Waals surface area contributed by atoms with Gasteiger partial charge in [-0.2, -0.15) is 0 Å². The van der Waals surface area contributed by atoms with Gasteiger partial charge in [0.05, 0.1) is 65.1 Å². The van der Waals surface area contributed by atoms with Crippen molar-refractivity contribution in [2.75, 3.05) is 10.6 Å². The molecule has 0 saturated carbocycles. The van der Waals surface area contributed by atoms with Crippen LogP contribution in [0.1, 0.15) is 49.5 Å². The molecule has 0 spiro atoms. The molecule has 0 aliphatic rings. The summed E-state index contributed by atoms with van der Waals surface area (Å²) in [7, 11) is 4.01. The van der Waals surface area contributed by atoms with Crippen LogP contribution in [0.3, 0.4) is 0 Å². The number of imidazole rings is 3. The molecule has 0 fully saturated rings. The number of hydrogen-bond acceptors (Lipinski definition) is 6. The maximum Gasteiger partial charge on any atom is 0.421 e. The molecule has 69 heavy (non-hydrogen) atoms. The van der Waals surface area contributed by atoms with Gasteiger partial charge >= 0.3 is 11.9 Å². The van der Waals surface area contributed by atoms with Crippen molar-refractivity contribution in [2.24, 2.45) is 34.6 Å². The third kappa shape index (κ3) is 11.0. The second kappa shape index (κ2) is 21.2. The molecule has 0 atom stereocenters. The summed E-state index contributed by atoms with van der Waals surface area (Å²) in [6.45, 7) is 12.1. The van der Waals surface area contributed by atoms with Crippen molar-refractivity contribution in [1.82, 2.24) is 22.8 Å². The number of nitrogens with zero attached hydrogens (tertiary/aromatic N) is 12. The molecule has 5 aromatic heterocycles. The molecule has 0 radical (unpaired) electrons. The van der Waals surface area contributed by atoms with Gasteiger partial charge in [-0.15, -0.1) is 0 Å².